The number of furan rings is 1. The highest BCUT2D eigenvalue weighted by Gasteiger charge is 2.25. The lowest BCUT2D eigenvalue weighted by Gasteiger charge is -2.29. The number of hydrogen-bond acceptors (Lipinski definition) is 3. The number of ether oxygens (including phenoxy) is 1. The summed E-state index contributed by atoms with van der Waals surface area (Å²) in [5, 5.41) is 3.40. The number of quaternary nitrogens is 2. The van der Waals surface area contributed by atoms with Crippen molar-refractivity contribution in [3.05, 3.63) is 51.9 Å². The fourth-order valence-electron chi connectivity index (χ4n) is 3.72. The number of aryl methyl sites for hydroxylation is 2. The summed E-state index contributed by atoms with van der Waals surface area (Å²) in [5.41, 5.74) is 1.78. The Morgan fingerprint density at radius 3 is 2.60 bits per heavy atom. The van der Waals surface area contributed by atoms with Crippen LogP contribution in [0.2, 0.25) is 5.02 Å². The number of likely N-dealkylation sites (N-methyl/N-ethyl adjacent to an activating group) is 1. The summed E-state index contributed by atoms with van der Waals surface area (Å²) in [6.45, 7) is 8.60. The molecule has 3 N–H and O–H groups in total. The maximum absolute atomic E-state index is 12.3. The van der Waals surface area contributed by atoms with E-state index in [-0.39, 0.29) is 12.0 Å². The summed E-state index contributed by atoms with van der Waals surface area (Å²) < 4.78 is 12.0. The van der Waals surface area contributed by atoms with Gasteiger partial charge in [-0.05, 0) is 43.7 Å². The highest BCUT2D eigenvalue weighted by Crippen LogP contribution is 2.27. The van der Waals surface area contributed by atoms with E-state index in [1.807, 2.05) is 13.0 Å². The highest BCUT2D eigenvalue weighted by atomic mass is 35.5. The van der Waals surface area contributed by atoms with Gasteiger partial charge in [0, 0.05) is 18.4 Å². The minimum absolute atomic E-state index is 0.106. The molecule has 30 heavy (non-hydrogen) atoms. The molecule has 2 heterocycles. The van der Waals surface area contributed by atoms with Crippen molar-refractivity contribution in [3.8, 4) is 5.75 Å². The standard InChI is InChI=1S/C23H32ClN3O3/c1-16-13-20(29-17(16)2)15-27-10-7-19(8-11-27)30-22-6-5-18(14-21(22)24)23(28)25-9-12-26(3)4/h5-6,13-14,19H,7-12,15H2,1-4H3,(H,25,28)/p+2. The topological polar surface area (TPSA) is 60.4 Å². The third-order valence-corrected chi connectivity index (χ3v) is 5.97. The monoisotopic (exact) mass is 435 g/mol. The van der Waals surface area contributed by atoms with E-state index < -0.39 is 0 Å². The van der Waals surface area contributed by atoms with E-state index in [9.17, 15) is 4.79 Å². The molecule has 6 nitrogen and oxygen atoms in total. The molecule has 7 heteroatoms. The number of amides is 1. The van der Waals surface area contributed by atoms with Gasteiger partial charge >= 0.3 is 0 Å². The van der Waals surface area contributed by atoms with Crippen LogP contribution in [0.4, 0.5) is 0 Å². The maximum atomic E-state index is 12.3. The van der Waals surface area contributed by atoms with E-state index in [1.54, 1.807) is 12.1 Å². The third-order valence-electron chi connectivity index (χ3n) is 5.68. The Kier molecular flexibility index (Phi) is 7.81. The fraction of sp³-hybridized carbons (Fsp3) is 0.522. The molecule has 1 aromatic carbocycles. The maximum Gasteiger partial charge on any atom is 0.251 e. The molecule has 3 rings (SSSR count). The number of rotatable bonds is 8. The summed E-state index contributed by atoms with van der Waals surface area (Å²) in [4.78, 5) is 15.1. The Labute approximate surface area is 184 Å². The zero-order chi connectivity index (χ0) is 21.7. The van der Waals surface area contributed by atoms with Crippen molar-refractivity contribution in [2.24, 2.45) is 0 Å². The molecule has 0 saturated carbocycles. The first kappa shape index (κ1) is 22.7. The van der Waals surface area contributed by atoms with Crippen molar-refractivity contribution in [3.63, 3.8) is 0 Å². The van der Waals surface area contributed by atoms with Crippen molar-refractivity contribution in [1.29, 1.82) is 0 Å². The van der Waals surface area contributed by atoms with Crippen molar-refractivity contribution >= 4 is 17.5 Å². The van der Waals surface area contributed by atoms with Crippen LogP contribution in [0.25, 0.3) is 0 Å². The summed E-state index contributed by atoms with van der Waals surface area (Å²) in [7, 11) is 4.11. The molecule has 0 bridgehead atoms. The van der Waals surface area contributed by atoms with Gasteiger partial charge in [0.2, 0.25) is 0 Å². The number of nitrogens with one attached hydrogen (secondary N) is 3. The lowest BCUT2D eigenvalue weighted by Crippen LogP contribution is -3.12. The van der Waals surface area contributed by atoms with Crippen LogP contribution in [0.5, 0.6) is 5.75 Å². The number of likely N-dealkylation sites (tertiary alicyclic amines) is 1. The van der Waals surface area contributed by atoms with E-state index in [0.29, 0.717) is 22.9 Å². The SMILES string of the molecule is Cc1cc(C[NH+]2CCC(Oc3ccc(C(=O)NCC[NH+](C)C)cc3Cl)CC2)oc1C. The molecule has 1 fully saturated rings. The number of carbonyl (C=O) groups is 1. The van der Waals surface area contributed by atoms with E-state index in [2.05, 4.69) is 32.4 Å². The molecule has 0 aliphatic carbocycles. The number of piperidine rings is 1. The number of hydrogen-bond donors (Lipinski definition) is 3. The lowest BCUT2D eigenvalue weighted by atomic mass is 10.1. The van der Waals surface area contributed by atoms with Gasteiger partial charge < -0.3 is 24.3 Å². The second-order valence-electron chi connectivity index (χ2n) is 8.55. The molecular formula is C23H34ClN3O3+2. The smallest absolute Gasteiger partial charge is 0.251 e. The number of carbonyl (C=O) groups excluding carboxylic acids is 1. The van der Waals surface area contributed by atoms with Gasteiger partial charge in [0.25, 0.3) is 5.91 Å². The van der Waals surface area contributed by atoms with Crippen LogP contribution in [0, 0.1) is 13.8 Å². The fourth-order valence-corrected chi connectivity index (χ4v) is 3.95. The molecule has 1 aliphatic rings. The molecule has 0 spiro atoms. The first-order chi connectivity index (χ1) is 14.3. The van der Waals surface area contributed by atoms with Crippen LogP contribution in [-0.2, 0) is 6.54 Å². The zero-order valence-electron chi connectivity index (χ0n) is 18.4. The van der Waals surface area contributed by atoms with Crippen molar-refractivity contribution in [2.45, 2.75) is 39.3 Å². The Hall–Kier alpha value is -2.02. The third kappa shape index (κ3) is 6.24. The van der Waals surface area contributed by atoms with Crippen LogP contribution in [0.15, 0.2) is 28.7 Å². The molecule has 0 atom stereocenters. The number of benzene rings is 1. The Bertz CT molecular complexity index is 838. The average molecular weight is 436 g/mol. The molecule has 1 saturated heterocycles. The molecule has 0 unspecified atom stereocenters. The molecular weight excluding hydrogens is 402 g/mol. The Balaban J connectivity index is 1.48. The summed E-state index contributed by atoms with van der Waals surface area (Å²) in [6.07, 6.45) is 2.09. The molecule has 1 amide bonds. The van der Waals surface area contributed by atoms with E-state index in [0.717, 1.165) is 50.5 Å². The van der Waals surface area contributed by atoms with Crippen LogP contribution in [-0.4, -0.2) is 52.3 Å². The molecule has 1 aliphatic heterocycles. The van der Waals surface area contributed by atoms with Crippen molar-refractivity contribution in [1.82, 2.24) is 5.32 Å². The van der Waals surface area contributed by atoms with E-state index in [1.165, 1.54) is 15.4 Å². The summed E-state index contributed by atoms with van der Waals surface area (Å²) >= 11 is 6.40. The molecule has 2 aromatic rings. The minimum atomic E-state index is -0.106. The predicted octanol–water partition coefficient (Wildman–Crippen LogP) is 1.05. The average Bonchev–Trinajstić information content (AvgIpc) is 3.01. The Morgan fingerprint density at radius 2 is 2.00 bits per heavy atom. The second kappa shape index (κ2) is 10.3. The number of halogens is 1. The summed E-state index contributed by atoms with van der Waals surface area (Å²) in [6, 6.07) is 7.42. The van der Waals surface area contributed by atoms with Gasteiger partial charge in [-0.1, -0.05) is 11.6 Å². The van der Waals surface area contributed by atoms with Gasteiger partial charge in [0.1, 0.15) is 24.2 Å². The highest BCUT2D eigenvalue weighted by molar-refractivity contribution is 6.32. The van der Waals surface area contributed by atoms with Crippen LogP contribution < -0.4 is 19.9 Å². The quantitative estimate of drug-likeness (QED) is 0.581. The molecule has 0 radical (unpaired) electrons. The zero-order valence-corrected chi connectivity index (χ0v) is 19.2. The normalized spacial score (nSPS) is 19.1. The van der Waals surface area contributed by atoms with Crippen molar-refractivity contribution in [2.75, 3.05) is 40.3 Å². The van der Waals surface area contributed by atoms with Crippen LogP contribution in [0.1, 0.15) is 40.3 Å². The van der Waals surface area contributed by atoms with Crippen LogP contribution in [0.3, 0.4) is 0 Å². The van der Waals surface area contributed by atoms with Gasteiger partial charge in [0.05, 0.1) is 45.3 Å². The lowest BCUT2D eigenvalue weighted by molar-refractivity contribution is -0.920. The minimum Gasteiger partial charge on any atom is -0.488 e. The summed E-state index contributed by atoms with van der Waals surface area (Å²) in [5.74, 6) is 2.61. The van der Waals surface area contributed by atoms with E-state index >= 15 is 0 Å². The van der Waals surface area contributed by atoms with Gasteiger partial charge in [-0.2, -0.15) is 0 Å². The van der Waals surface area contributed by atoms with Crippen LogP contribution >= 0.6 is 11.6 Å². The largest absolute Gasteiger partial charge is 0.488 e. The first-order valence-corrected chi connectivity index (χ1v) is 11.1. The van der Waals surface area contributed by atoms with Gasteiger partial charge in [0.15, 0.2) is 5.76 Å². The van der Waals surface area contributed by atoms with Gasteiger partial charge in [-0.25, -0.2) is 0 Å². The molecule has 1 aromatic heterocycles. The molecule has 164 valence electrons. The van der Waals surface area contributed by atoms with Gasteiger partial charge in [-0.15, -0.1) is 0 Å². The Morgan fingerprint density at radius 1 is 1.27 bits per heavy atom. The predicted molar refractivity (Wildman–Crippen MR) is 118 cm³/mol. The first-order valence-electron chi connectivity index (χ1n) is 10.7. The van der Waals surface area contributed by atoms with E-state index in [4.69, 9.17) is 20.8 Å². The van der Waals surface area contributed by atoms with Gasteiger partial charge in [-0.3, -0.25) is 4.79 Å². The van der Waals surface area contributed by atoms with Crippen molar-refractivity contribution < 1.29 is 23.7 Å². The second-order valence-corrected chi connectivity index (χ2v) is 8.96.